The van der Waals surface area contributed by atoms with Gasteiger partial charge in [0.05, 0.1) is 11.2 Å². The molecule has 1 aliphatic rings. The highest BCUT2D eigenvalue weighted by Gasteiger charge is 2.26. The first-order chi connectivity index (χ1) is 9.01. The molecule has 1 aliphatic carbocycles. The number of sulfonamides is 1. The molecule has 1 aromatic rings. The number of hydrogen-bond donors (Lipinski definition) is 2. The van der Waals surface area contributed by atoms with Gasteiger partial charge in [0.1, 0.15) is 0 Å². The molecule has 0 amide bonds. The van der Waals surface area contributed by atoms with Gasteiger partial charge < -0.3 is 5.32 Å². The monoisotopic (exact) mass is 303 g/mol. The molecule has 0 radical (unpaired) electrons. The van der Waals surface area contributed by atoms with Gasteiger partial charge in [-0.3, -0.25) is 0 Å². The van der Waals surface area contributed by atoms with Crippen LogP contribution in [0.15, 0.2) is 10.4 Å². The molecule has 7 heteroatoms. The number of aromatic nitrogens is 1. The van der Waals surface area contributed by atoms with Crippen LogP contribution in [0.1, 0.15) is 37.6 Å². The van der Waals surface area contributed by atoms with E-state index in [1.165, 1.54) is 17.5 Å². The fourth-order valence-corrected chi connectivity index (χ4v) is 4.88. The number of rotatable bonds is 5. The van der Waals surface area contributed by atoms with Crippen molar-refractivity contribution in [1.29, 1.82) is 0 Å². The Labute approximate surface area is 118 Å². The summed E-state index contributed by atoms with van der Waals surface area (Å²) in [4.78, 5) is 4.00. The van der Waals surface area contributed by atoms with E-state index in [-0.39, 0.29) is 6.04 Å². The molecule has 2 N–H and O–H groups in total. The van der Waals surface area contributed by atoms with Gasteiger partial charge in [-0.05, 0) is 39.2 Å². The third-order valence-electron chi connectivity index (χ3n) is 3.41. The fraction of sp³-hybridized carbons (Fsp3) is 0.750. The van der Waals surface area contributed by atoms with E-state index in [0.29, 0.717) is 10.3 Å². The molecule has 2 rings (SSSR count). The summed E-state index contributed by atoms with van der Waals surface area (Å²) in [5.41, 5.74) is 0. The number of nitrogens with zero attached hydrogens (tertiary/aromatic N) is 1. The largest absolute Gasteiger partial charge is 0.314 e. The van der Waals surface area contributed by atoms with E-state index in [0.717, 1.165) is 37.2 Å². The maximum Gasteiger partial charge on any atom is 0.251 e. The molecule has 1 aromatic heterocycles. The zero-order valence-electron chi connectivity index (χ0n) is 11.3. The minimum Gasteiger partial charge on any atom is -0.314 e. The lowest BCUT2D eigenvalue weighted by molar-refractivity contribution is 0.333. The molecule has 1 saturated carbocycles. The van der Waals surface area contributed by atoms with Crippen molar-refractivity contribution in [3.8, 4) is 0 Å². The van der Waals surface area contributed by atoms with E-state index in [4.69, 9.17) is 0 Å². The summed E-state index contributed by atoms with van der Waals surface area (Å²) in [6, 6.07) is 0.596. The van der Waals surface area contributed by atoms with Crippen LogP contribution in [0, 0.1) is 6.92 Å². The van der Waals surface area contributed by atoms with E-state index >= 15 is 0 Å². The Kier molecular flexibility index (Phi) is 4.94. The smallest absolute Gasteiger partial charge is 0.251 e. The number of aryl methyl sites for hydroxylation is 1. The molecule has 0 aromatic carbocycles. The van der Waals surface area contributed by atoms with Crippen LogP contribution in [0.5, 0.6) is 0 Å². The third-order valence-corrected chi connectivity index (χ3v) is 6.30. The van der Waals surface area contributed by atoms with Gasteiger partial charge in [-0.25, -0.2) is 18.1 Å². The molecule has 1 fully saturated rings. The molecule has 0 bridgehead atoms. The fourth-order valence-electron chi connectivity index (χ4n) is 2.45. The molecule has 1 heterocycles. The standard InChI is InChI=1S/C12H21N3O2S2/c1-3-13-10-4-6-11(7-5-10)15-19(16,17)12-8-14-9(2)18-12/h8,10-11,13,15H,3-7H2,1-2H3. The van der Waals surface area contributed by atoms with Crippen molar-refractivity contribution in [2.75, 3.05) is 6.54 Å². The van der Waals surface area contributed by atoms with Gasteiger partial charge in [0.2, 0.25) is 0 Å². The zero-order chi connectivity index (χ0) is 13.9. The number of thiazole rings is 1. The van der Waals surface area contributed by atoms with Gasteiger partial charge in [-0.15, -0.1) is 11.3 Å². The van der Waals surface area contributed by atoms with E-state index in [2.05, 4.69) is 21.9 Å². The van der Waals surface area contributed by atoms with Crippen LogP contribution >= 0.6 is 11.3 Å². The Bertz CT molecular complexity index is 505. The van der Waals surface area contributed by atoms with E-state index in [1.54, 1.807) is 0 Å². The maximum absolute atomic E-state index is 12.2. The van der Waals surface area contributed by atoms with Gasteiger partial charge >= 0.3 is 0 Å². The Hall–Kier alpha value is -0.500. The highest BCUT2D eigenvalue weighted by Crippen LogP contribution is 2.23. The van der Waals surface area contributed by atoms with Gasteiger partial charge in [0.15, 0.2) is 4.21 Å². The van der Waals surface area contributed by atoms with Crippen molar-refractivity contribution < 1.29 is 8.42 Å². The van der Waals surface area contributed by atoms with Crippen LogP contribution in [-0.2, 0) is 10.0 Å². The van der Waals surface area contributed by atoms with Crippen LogP contribution in [-0.4, -0.2) is 32.0 Å². The predicted octanol–water partition coefficient (Wildman–Crippen LogP) is 1.65. The van der Waals surface area contributed by atoms with Gasteiger partial charge in [-0.2, -0.15) is 0 Å². The maximum atomic E-state index is 12.2. The van der Waals surface area contributed by atoms with Crippen molar-refractivity contribution in [2.45, 2.75) is 55.8 Å². The highest BCUT2D eigenvalue weighted by atomic mass is 32.2. The van der Waals surface area contributed by atoms with Crippen molar-refractivity contribution in [3.05, 3.63) is 11.2 Å². The summed E-state index contributed by atoms with van der Waals surface area (Å²) >= 11 is 1.22. The van der Waals surface area contributed by atoms with Crippen LogP contribution in [0.2, 0.25) is 0 Å². The third kappa shape index (κ3) is 3.98. The first-order valence-electron chi connectivity index (χ1n) is 6.69. The summed E-state index contributed by atoms with van der Waals surface area (Å²) in [6.07, 6.45) is 5.29. The average Bonchev–Trinajstić information content (AvgIpc) is 2.79. The van der Waals surface area contributed by atoms with Crippen LogP contribution in [0.3, 0.4) is 0 Å². The van der Waals surface area contributed by atoms with Gasteiger partial charge in [0, 0.05) is 12.1 Å². The van der Waals surface area contributed by atoms with Gasteiger partial charge in [-0.1, -0.05) is 6.92 Å². The normalized spacial score (nSPS) is 24.5. The van der Waals surface area contributed by atoms with E-state index in [1.807, 2.05) is 6.92 Å². The minimum atomic E-state index is -3.38. The lowest BCUT2D eigenvalue weighted by Gasteiger charge is -2.29. The average molecular weight is 303 g/mol. The first kappa shape index (κ1) is 14.9. The van der Waals surface area contributed by atoms with Crippen LogP contribution < -0.4 is 10.0 Å². The summed E-state index contributed by atoms with van der Waals surface area (Å²) in [7, 11) is -3.38. The van der Waals surface area contributed by atoms with Crippen molar-refractivity contribution in [2.24, 2.45) is 0 Å². The first-order valence-corrected chi connectivity index (χ1v) is 8.99. The van der Waals surface area contributed by atoms with Gasteiger partial charge in [0.25, 0.3) is 10.0 Å². The Morgan fingerprint density at radius 3 is 2.47 bits per heavy atom. The topological polar surface area (TPSA) is 71.1 Å². The molecule has 0 atom stereocenters. The summed E-state index contributed by atoms with van der Waals surface area (Å²) in [6.45, 7) is 4.88. The zero-order valence-corrected chi connectivity index (χ0v) is 13.0. The summed E-state index contributed by atoms with van der Waals surface area (Å²) < 4.78 is 27.4. The Morgan fingerprint density at radius 2 is 1.95 bits per heavy atom. The predicted molar refractivity (Wildman–Crippen MR) is 76.9 cm³/mol. The number of hydrogen-bond acceptors (Lipinski definition) is 5. The second-order valence-corrected chi connectivity index (χ2v) is 8.10. The SMILES string of the molecule is CCNC1CCC(NS(=O)(=O)c2cnc(C)s2)CC1. The molecule has 0 spiro atoms. The lowest BCUT2D eigenvalue weighted by Crippen LogP contribution is -2.41. The molecule has 5 nitrogen and oxygen atoms in total. The summed E-state index contributed by atoms with van der Waals surface area (Å²) in [5.74, 6) is 0. The van der Waals surface area contributed by atoms with Crippen molar-refractivity contribution >= 4 is 21.4 Å². The molecule has 108 valence electrons. The Morgan fingerprint density at radius 1 is 1.32 bits per heavy atom. The molecule has 0 saturated heterocycles. The molecular formula is C12H21N3O2S2. The van der Waals surface area contributed by atoms with Crippen LogP contribution in [0.25, 0.3) is 0 Å². The van der Waals surface area contributed by atoms with E-state index in [9.17, 15) is 8.42 Å². The highest BCUT2D eigenvalue weighted by molar-refractivity contribution is 7.91. The lowest BCUT2D eigenvalue weighted by atomic mass is 9.92. The Balaban J connectivity index is 1.92. The second kappa shape index (κ2) is 6.30. The molecule has 0 unspecified atom stereocenters. The quantitative estimate of drug-likeness (QED) is 0.867. The number of nitrogens with one attached hydrogen (secondary N) is 2. The molecular weight excluding hydrogens is 282 g/mol. The summed E-state index contributed by atoms with van der Waals surface area (Å²) in [5, 5.41) is 4.19. The minimum absolute atomic E-state index is 0.0577. The molecule has 19 heavy (non-hydrogen) atoms. The van der Waals surface area contributed by atoms with E-state index < -0.39 is 10.0 Å². The van der Waals surface area contributed by atoms with Crippen molar-refractivity contribution in [3.63, 3.8) is 0 Å². The van der Waals surface area contributed by atoms with Crippen molar-refractivity contribution in [1.82, 2.24) is 15.0 Å². The van der Waals surface area contributed by atoms with Crippen LogP contribution in [0.4, 0.5) is 0 Å². The molecule has 0 aliphatic heterocycles. The second-order valence-electron chi connectivity index (χ2n) is 4.93.